The number of hydrogen-bond acceptors (Lipinski definition) is 2. The summed E-state index contributed by atoms with van der Waals surface area (Å²) in [5.74, 6) is -0.273. The van der Waals surface area contributed by atoms with E-state index in [9.17, 15) is 4.79 Å². The van der Waals surface area contributed by atoms with Gasteiger partial charge in [-0.05, 0) is 44.8 Å². The van der Waals surface area contributed by atoms with Gasteiger partial charge in [0.05, 0.1) is 12.7 Å². The predicted octanol–water partition coefficient (Wildman–Crippen LogP) is 4.68. The van der Waals surface area contributed by atoms with Crippen LogP contribution in [-0.2, 0) is 4.74 Å². The third-order valence-corrected chi connectivity index (χ3v) is 4.23. The van der Waals surface area contributed by atoms with E-state index in [4.69, 9.17) is 4.74 Å². The Kier molecular flexibility index (Phi) is 2.43. The van der Waals surface area contributed by atoms with E-state index < -0.39 is 0 Å². The van der Waals surface area contributed by atoms with E-state index in [-0.39, 0.29) is 5.97 Å². The first-order chi connectivity index (χ1) is 10.2. The Morgan fingerprint density at radius 2 is 1.57 bits per heavy atom. The average Bonchev–Trinajstić information content (AvgIpc) is 2.51. The zero-order valence-corrected chi connectivity index (χ0v) is 11.9. The molecule has 0 spiro atoms. The van der Waals surface area contributed by atoms with E-state index in [0.29, 0.717) is 5.56 Å². The highest BCUT2D eigenvalue weighted by Gasteiger charge is 2.17. The summed E-state index contributed by atoms with van der Waals surface area (Å²) in [6.07, 6.45) is 0. The minimum atomic E-state index is -0.273. The number of carbonyl (C=O) groups is 1. The topological polar surface area (TPSA) is 26.3 Å². The van der Waals surface area contributed by atoms with E-state index in [1.54, 1.807) is 0 Å². The second kappa shape index (κ2) is 4.19. The lowest BCUT2D eigenvalue weighted by Crippen LogP contribution is -2.05. The van der Waals surface area contributed by atoms with Gasteiger partial charge in [0, 0.05) is 0 Å². The fourth-order valence-corrected chi connectivity index (χ4v) is 3.33. The maximum absolute atomic E-state index is 12.2. The number of hydrogen-bond donors (Lipinski definition) is 0. The van der Waals surface area contributed by atoms with Gasteiger partial charge in [0.15, 0.2) is 0 Å². The Morgan fingerprint density at radius 1 is 0.905 bits per heavy atom. The number of carbonyl (C=O) groups excluding carboxylic acids is 1. The molecule has 0 bridgehead atoms. The molecule has 0 amide bonds. The first kappa shape index (κ1) is 12.2. The molecule has 102 valence electrons. The Bertz CT molecular complexity index is 983. The molecule has 21 heavy (non-hydrogen) atoms. The number of benzene rings is 4. The molecule has 0 aliphatic heterocycles. The number of ether oxygens (including phenoxy) is 1. The molecule has 0 aromatic heterocycles. The maximum atomic E-state index is 12.2. The van der Waals surface area contributed by atoms with Gasteiger partial charge in [0.1, 0.15) is 0 Å². The van der Waals surface area contributed by atoms with Gasteiger partial charge in [-0.2, -0.15) is 0 Å². The van der Waals surface area contributed by atoms with Crippen molar-refractivity contribution in [2.75, 3.05) is 7.11 Å². The zero-order valence-electron chi connectivity index (χ0n) is 11.9. The summed E-state index contributed by atoms with van der Waals surface area (Å²) in [5.41, 5.74) is 1.62. The van der Waals surface area contributed by atoms with Gasteiger partial charge in [-0.15, -0.1) is 0 Å². The van der Waals surface area contributed by atoms with Gasteiger partial charge in [-0.1, -0.05) is 48.5 Å². The lowest BCUT2D eigenvalue weighted by atomic mass is 9.90. The van der Waals surface area contributed by atoms with Crippen molar-refractivity contribution < 1.29 is 9.53 Å². The standard InChI is InChI=1S/C19H14O2/c1-11-10-14-7-6-12-4-3-5-13-8-9-15(18(14)17(12)13)16(11)19(20)21-2/h3-10H,1-2H3. The molecule has 2 heteroatoms. The Morgan fingerprint density at radius 3 is 2.29 bits per heavy atom. The van der Waals surface area contributed by atoms with E-state index in [0.717, 1.165) is 16.3 Å². The van der Waals surface area contributed by atoms with Gasteiger partial charge in [0.2, 0.25) is 0 Å². The van der Waals surface area contributed by atoms with Crippen molar-refractivity contribution in [3.05, 3.63) is 59.7 Å². The van der Waals surface area contributed by atoms with Crippen molar-refractivity contribution in [1.82, 2.24) is 0 Å². The van der Waals surface area contributed by atoms with Gasteiger partial charge in [0.25, 0.3) is 0 Å². The lowest BCUT2D eigenvalue weighted by molar-refractivity contribution is 0.0602. The van der Waals surface area contributed by atoms with E-state index in [1.807, 2.05) is 13.0 Å². The van der Waals surface area contributed by atoms with Crippen LogP contribution in [0.5, 0.6) is 0 Å². The molecular weight excluding hydrogens is 260 g/mol. The molecule has 0 heterocycles. The molecule has 0 aliphatic carbocycles. The van der Waals surface area contributed by atoms with Crippen LogP contribution >= 0.6 is 0 Å². The van der Waals surface area contributed by atoms with Crippen molar-refractivity contribution in [2.45, 2.75) is 6.92 Å². The third-order valence-electron chi connectivity index (χ3n) is 4.23. The van der Waals surface area contributed by atoms with Crippen LogP contribution in [0.2, 0.25) is 0 Å². The van der Waals surface area contributed by atoms with Gasteiger partial charge in [-0.25, -0.2) is 4.79 Å². The smallest absolute Gasteiger partial charge is 0.338 e. The molecule has 0 atom stereocenters. The Balaban J connectivity index is 2.32. The average molecular weight is 274 g/mol. The summed E-state index contributed by atoms with van der Waals surface area (Å²) < 4.78 is 4.97. The second-order valence-corrected chi connectivity index (χ2v) is 5.42. The first-order valence-electron chi connectivity index (χ1n) is 6.96. The van der Waals surface area contributed by atoms with Crippen LogP contribution in [0.25, 0.3) is 32.3 Å². The predicted molar refractivity (Wildman–Crippen MR) is 86.2 cm³/mol. The van der Waals surface area contributed by atoms with Crippen molar-refractivity contribution in [3.63, 3.8) is 0 Å². The number of rotatable bonds is 1. The summed E-state index contributed by atoms with van der Waals surface area (Å²) in [7, 11) is 1.43. The SMILES string of the molecule is COC(=O)c1c(C)cc2ccc3cccc4ccc1c2c34. The van der Waals surface area contributed by atoms with E-state index in [1.165, 1.54) is 28.7 Å². The molecule has 0 fully saturated rings. The highest BCUT2D eigenvalue weighted by atomic mass is 16.5. The minimum Gasteiger partial charge on any atom is -0.465 e. The molecule has 0 radical (unpaired) electrons. The fraction of sp³-hybridized carbons (Fsp3) is 0.105. The summed E-state index contributed by atoms with van der Waals surface area (Å²) in [4.78, 5) is 12.2. The summed E-state index contributed by atoms with van der Waals surface area (Å²) in [5, 5.41) is 6.91. The second-order valence-electron chi connectivity index (χ2n) is 5.42. The van der Waals surface area contributed by atoms with Crippen molar-refractivity contribution >= 4 is 38.3 Å². The molecule has 2 nitrogen and oxygen atoms in total. The molecular formula is C19H14O2. The molecule has 0 N–H and O–H groups in total. The quantitative estimate of drug-likeness (QED) is 0.372. The van der Waals surface area contributed by atoms with Crippen LogP contribution in [0.15, 0.2) is 48.5 Å². The molecule has 0 aliphatic rings. The van der Waals surface area contributed by atoms with Gasteiger partial charge in [-0.3, -0.25) is 0 Å². The zero-order chi connectivity index (χ0) is 14.6. The highest BCUT2D eigenvalue weighted by molar-refractivity contribution is 6.26. The van der Waals surface area contributed by atoms with Crippen LogP contribution in [0.3, 0.4) is 0 Å². The summed E-state index contributed by atoms with van der Waals surface area (Å²) in [6.45, 7) is 1.96. The van der Waals surface area contributed by atoms with Crippen molar-refractivity contribution in [3.8, 4) is 0 Å². The van der Waals surface area contributed by atoms with E-state index >= 15 is 0 Å². The van der Waals surface area contributed by atoms with E-state index in [2.05, 4.69) is 42.5 Å². The Hall–Kier alpha value is -2.61. The monoisotopic (exact) mass is 274 g/mol. The number of aryl methyl sites for hydroxylation is 1. The van der Waals surface area contributed by atoms with Gasteiger partial charge < -0.3 is 4.74 Å². The van der Waals surface area contributed by atoms with Gasteiger partial charge >= 0.3 is 5.97 Å². The third kappa shape index (κ3) is 1.56. The lowest BCUT2D eigenvalue weighted by Gasteiger charge is -2.15. The maximum Gasteiger partial charge on any atom is 0.338 e. The van der Waals surface area contributed by atoms with Crippen molar-refractivity contribution in [1.29, 1.82) is 0 Å². The summed E-state index contributed by atoms with van der Waals surface area (Å²) >= 11 is 0. The number of methoxy groups -OCH3 is 1. The Labute approximate surface area is 122 Å². The highest BCUT2D eigenvalue weighted by Crippen LogP contribution is 2.37. The van der Waals surface area contributed by atoms with Crippen molar-refractivity contribution in [2.24, 2.45) is 0 Å². The number of esters is 1. The van der Waals surface area contributed by atoms with Crippen LogP contribution < -0.4 is 0 Å². The molecule has 4 rings (SSSR count). The van der Waals surface area contributed by atoms with Crippen LogP contribution in [0.1, 0.15) is 15.9 Å². The normalized spacial score (nSPS) is 11.5. The first-order valence-corrected chi connectivity index (χ1v) is 6.96. The molecule has 4 aromatic rings. The van der Waals surface area contributed by atoms with Crippen LogP contribution in [0.4, 0.5) is 0 Å². The fourth-order valence-electron chi connectivity index (χ4n) is 3.33. The minimum absolute atomic E-state index is 0.273. The summed E-state index contributed by atoms with van der Waals surface area (Å²) in [6, 6.07) is 16.7. The molecule has 4 aromatic carbocycles. The molecule has 0 saturated heterocycles. The largest absolute Gasteiger partial charge is 0.465 e. The molecule has 0 saturated carbocycles. The van der Waals surface area contributed by atoms with Crippen LogP contribution in [-0.4, -0.2) is 13.1 Å². The molecule has 0 unspecified atom stereocenters. The van der Waals surface area contributed by atoms with Crippen LogP contribution in [0, 0.1) is 6.92 Å².